The third-order valence-electron chi connectivity index (χ3n) is 13.8. The lowest BCUT2D eigenvalue weighted by Gasteiger charge is -2.45. The van der Waals surface area contributed by atoms with Gasteiger partial charge in [-0.1, -0.05) is 25.5 Å². The Bertz CT molecular complexity index is 2790. The number of likely N-dealkylation sites (N-methyl/N-ethyl adjacent to an activating group) is 2. The summed E-state index contributed by atoms with van der Waals surface area (Å²) in [5, 5.41) is 60.5. The van der Waals surface area contributed by atoms with E-state index in [0.29, 0.717) is 12.3 Å². The maximum atomic E-state index is 13.7. The van der Waals surface area contributed by atoms with Crippen LogP contribution in [0.1, 0.15) is 61.1 Å². The van der Waals surface area contributed by atoms with Crippen molar-refractivity contribution in [3.63, 3.8) is 0 Å². The molecule has 5 heterocycles. The summed E-state index contributed by atoms with van der Waals surface area (Å²) < 4.78 is 46.4. The Hall–Kier alpha value is -4.21. The number of rotatable bonds is 21. The Labute approximate surface area is 456 Å². The average Bonchev–Trinajstić information content (AvgIpc) is 3.77. The van der Waals surface area contributed by atoms with Gasteiger partial charge in [-0.25, -0.2) is 9.59 Å². The molecule has 0 saturated carbocycles. The van der Waals surface area contributed by atoms with Crippen molar-refractivity contribution in [2.45, 2.75) is 135 Å². The molecule has 0 aliphatic carbocycles. The number of esters is 2. The van der Waals surface area contributed by atoms with Crippen LogP contribution in [0.15, 0.2) is 67.0 Å². The van der Waals surface area contributed by atoms with E-state index in [4.69, 9.17) is 60.5 Å². The van der Waals surface area contributed by atoms with Gasteiger partial charge in [-0.05, 0) is 83.5 Å². The van der Waals surface area contributed by atoms with Crippen molar-refractivity contribution < 1.29 is 77.2 Å². The van der Waals surface area contributed by atoms with Crippen LogP contribution in [0.25, 0.3) is 21.9 Å². The number of halogens is 2. The Balaban J connectivity index is 0.990. The maximum absolute atomic E-state index is 13.7. The molecule has 0 spiro atoms. The predicted octanol–water partition coefficient (Wildman–Crippen LogP) is 2.84. The highest BCUT2D eigenvalue weighted by atomic mass is 35.5. The summed E-state index contributed by atoms with van der Waals surface area (Å²) in [6, 6.07) is 8.37. The van der Waals surface area contributed by atoms with Crippen LogP contribution in [0.4, 0.5) is 0 Å². The number of hydrogen-bond donors (Lipinski definition) is 7. The van der Waals surface area contributed by atoms with E-state index in [2.05, 4.69) is 17.6 Å². The van der Waals surface area contributed by atoms with Gasteiger partial charge in [-0.2, -0.15) is 0 Å². The average molecular weight is 1140 g/mol. The first-order valence-electron chi connectivity index (χ1n) is 24.8. The quantitative estimate of drug-likeness (QED) is 0.0466. The third-order valence-corrected chi connectivity index (χ3v) is 16.0. The zero-order valence-corrected chi connectivity index (χ0v) is 45.9. The molecule has 76 heavy (non-hydrogen) atoms. The van der Waals surface area contributed by atoms with Crippen molar-refractivity contribution in [1.82, 2.24) is 15.5 Å². The zero-order chi connectivity index (χ0) is 55.3. The highest BCUT2D eigenvalue weighted by molar-refractivity contribution is 7.99. The van der Waals surface area contributed by atoms with E-state index in [-0.39, 0.29) is 39.3 Å². The van der Waals surface area contributed by atoms with Gasteiger partial charge in [0, 0.05) is 24.1 Å². The standard InChI is InChI=1S/C51H65Cl2N3O18S2/c1-8-11-24-16-26(56(5)19-24)47(64)55-38(23(3)53)44-40(61)46(42(63)51(74-44)76-7)72-49(66)34-18-28(59)36-30(13-10-15-32(36)70-34)68-21-25(57)20-67-29-12-9-14-31-35(29)27(58)17-33(69-31)48(65)71-45-39(60)43(37(54-4)22(2)52)73-50(75-6)41(45)62/h9-10,12-15,17-18,22-26,37-46,50-51,54,57,60-63H,8,11,16,19-21H2,1-7H3,(H,55,64). The number of carbonyl (C=O) groups is 3. The second-order valence-corrected chi connectivity index (χ2v) is 22.4. The fraction of sp³-hybridized carbons (Fsp3) is 0.588. The lowest BCUT2D eigenvalue weighted by atomic mass is 9.92. The molecule has 3 aliphatic rings. The van der Waals surface area contributed by atoms with E-state index in [1.807, 2.05) is 11.9 Å². The van der Waals surface area contributed by atoms with E-state index in [0.717, 1.165) is 55.0 Å². The Morgan fingerprint density at radius 1 is 0.763 bits per heavy atom. The van der Waals surface area contributed by atoms with Gasteiger partial charge in [0.1, 0.15) is 100 Å². The van der Waals surface area contributed by atoms with E-state index >= 15 is 0 Å². The minimum atomic E-state index is -1.69. The van der Waals surface area contributed by atoms with Crippen LogP contribution < -0.4 is 31.0 Å². The number of ether oxygens (including phenoxy) is 6. The van der Waals surface area contributed by atoms with Gasteiger partial charge < -0.3 is 73.4 Å². The maximum Gasteiger partial charge on any atom is 0.374 e. The van der Waals surface area contributed by atoms with Crippen LogP contribution in [0.3, 0.4) is 0 Å². The smallest absolute Gasteiger partial charge is 0.374 e. The molecule has 0 radical (unpaired) electrons. The number of hydrogen-bond acceptors (Lipinski definition) is 22. The number of fused-ring (bicyclic) bond motifs is 2. The van der Waals surface area contributed by atoms with Crippen molar-refractivity contribution in [3.8, 4) is 11.5 Å². The zero-order valence-electron chi connectivity index (χ0n) is 42.7. The molecule has 7 rings (SSSR count). The van der Waals surface area contributed by atoms with Crippen molar-refractivity contribution in [1.29, 1.82) is 0 Å². The van der Waals surface area contributed by atoms with Crippen LogP contribution in [0.5, 0.6) is 11.5 Å². The lowest BCUT2D eigenvalue weighted by Crippen LogP contribution is -2.65. The molecular weight excluding hydrogens is 1080 g/mol. The van der Waals surface area contributed by atoms with Crippen molar-refractivity contribution in [2.75, 3.05) is 46.4 Å². The molecule has 418 valence electrons. The highest BCUT2D eigenvalue weighted by Crippen LogP contribution is 2.36. The Morgan fingerprint density at radius 2 is 1.22 bits per heavy atom. The number of nitrogens with zero attached hydrogens (tertiary/aromatic N) is 1. The van der Waals surface area contributed by atoms with Gasteiger partial charge in [0.15, 0.2) is 23.1 Å². The number of likely N-dealkylation sites (tertiary alicyclic amines) is 1. The summed E-state index contributed by atoms with van der Waals surface area (Å²) >= 11 is 15.2. The number of aliphatic hydroxyl groups excluding tert-OH is 5. The number of nitrogens with one attached hydrogen (secondary N) is 2. The van der Waals surface area contributed by atoms with Gasteiger partial charge in [0.05, 0.1) is 23.5 Å². The molecule has 21 nitrogen and oxygen atoms in total. The molecule has 3 fully saturated rings. The van der Waals surface area contributed by atoms with Crippen LogP contribution in [-0.4, -0.2) is 189 Å². The molecule has 1 amide bonds. The van der Waals surface area contributed by atoms with Gasteiger partial charge >= 0.3 is 11.9 Å². The summed E-state index contributed by atoms with van der Waals surface area (Å²) in [5.41, 5.74) is -3.55. The van der Waals surface area contributed by atoms with Crippen molar-refractivity contribution in [3.05, 3.63) is 80.5 Å². The number of benzene rings is 2. The summed E-state index contributed by atoms with van der Waals surface area (Å²) in [7, 11) is 3.50. The minimum absolute atomic E-state index is 0.0158. The molecule has 2 aromatic heterocycles. The molecule has 7 N–H and O–H groups in total. The van der Waals surface area contributed by atoms with E-state index in [1.165, 1.54) is 36.4 Å². The monoisotopic (exact) mass is 1140 g/mol. The van der Waals surface area contributed by atoms with Crippen LogP contribution in [0, 0.1) is 5.92 Å². The van der Waals surface area contributed by atoms with E-state index in [1.54, 1.807) is 33.4 Å². The van der Waals surface area contributed by atoms with Crippen LogP contribution >= 0.6 is 46.7 Å². The first-order chi connectivity index (χ1) is 36.2. The second-order valence-electron chi connectivity index (χ2n) is 19.1. The lowest BCUT2D eigenvalue weighted by molar-refractivity contribution is -0.206. The van der Waals surface area contributed by atoms with Crippen molar-refractivity contribution >= 4 is 86.5 Å². The summed E-state index contributed by atoms with van der Waals surface area (Å²) in [6.07, 6.45) is -6.94. The minimum Gasteiger partial charge on any atom is -0.490 e. The molecule has 0 bridgehead atoms. The number of alkyl halides is 2. The first-order valence-corrected chi connectivity index (χ1v) is 28.2. The van der Waals surface area contributed by atoms with Gasteiger partial charge in [-0.3, -0.25) is 19.3 Å². The second kappa shape index (κ2) is 26.2. The van der Waals surface area contributed by atoms with Crippen LogP contribution in [-0.2, 0) is 23.7 Å². The number of amides is 1. The third kappa shape index (κ3) is 13.1. The molecule has 4 aromatic rings. The predicted molar refractivity (Wildman–Crippen MR) is 284 cm³/mol. The number of aliphatic hydroxyl groups is 5. The largest absolute Gasteiger partial charge is 0.490 e. The number of carbonyl (C=O) groups excluding carboxylic acids is 3. The van der Waals surface area contributed by atoms with Gasteiger partial charge in [0.2, 0.25) is 17.4 Å². The Morgan fingerprint density at radius 3 is 1.64 bits per heavy atom. The highest BCUT2D eigenvalue weighted by Gasteiger charge is 2.52. The molecule has 17 atom stereocenters. The van der Waals surface area contributed by atoms with Crippen molar-refractivity contribution in [2.24, 2.45) is 5.92 Å². The van der Waals surface area contributed by atoms with Crippen LogP contribution in [0.2, 0.25) is 0 Å². The molecular formula is C51H65Cl2N3O18S2. The molecule has 2 aromatic carbocycles. The normalized spacial score (nSPS) is 29.0. The SMILES string of the molecule is CCCC1CC(C(=O)NC(C(C)Cl)C2OC(SC)C(O)C(OC(=O)c3cc(=O)c4c(OCC(O)COc5cccc6oc(C(=O)OC7C(O)C(SC)OC(C(NC)C(C)Cl)C7O)cc(=O)c56)cccc4o3)C2O)N(C)C1. The van der Waals surface area contributed by atoms with E-state index in [9.17, 15) is 49.5 Å². The molecule has 25 heteroatoms. The molecule has 3 saturated heterocycles. The first kappa shape index (κ1) is 59.5. The molecule has 3 aliphatic heterocycles. The summed E-state index contributed by atoms with van der Waals surface area (Å²) in [4.78, 5) is 69.9. The molecule has 17 unspecified atom stereocenters. The number of thioether (sulfide) groups is 2. The van der Waals surface area contributed by atoms with E-state index < -0.39 is 142 Å². The summed E-state index contributed by atoms with van der Waals surface area (Å²) in [5.74, 6) is -3.42. The fourth-order valence-corrected chi connectivity index (χ4v) is 11.8. The summed E-state index contributed by atoms with van der Waals surface area (Å²) in [6.45, 7) is 5.30. The van der Waals surface area contributed by atoms with Gasteiger partial charge in [-0.15, -0.1) is 46.7 Å². The Kier molecular flexibility index (Phi) is 20.5. The fourth-order valence-electron chi connectivity index (χ4n) is 9.97. The topological polar surface area (TPSA) is 295 Å². The van der Waals surface area contributed by atoms with Gasteiger partial charge in [0.25, 0.3) is 0 Å².